The van der Waals surface area contributed by atoms with Gasteiger partial charge in [0.1, 0.15) is 0 Å². The van der Waals surface area contributed by atoms with Crippen LogP contribution >= 0.6 is 22.9 Å². The Bertz CT molecular complexity index is 283. The first-order chi connectivity index (χ1) is 6.41. The molecular weight excluding hydrogens is 212 g/mol. The Labute approximate surface area is 96.3 Å². The zero-order valence-electron chi connectivity index (χ0n) is 9.43. The summed E-state index contributed by atoms with van der Waals surface area (Å²) in [4.78, 5) is 1.43. The molecule has 0 aliphatic heterocycles. The third-order valence-corrected chi connectivity index (χ3v) is 4.33. The normalized spacial score (nSPS) is 14.4. The second kappa shape index (κ2) is 4.67. The summed E-state index contributed by atoms with van der Waals surface area (Å²) in [5, 5.41) is 2.42. The maximum absolute atomic E-state index is 6.33. The summed E-state index contributed by atoms with van der Waals surface area (Å²) < 4.78 is 0. The highest BCUT2D eigenvalue weighted by Gasteiger charge is 2.21. The van der Waals surface area contributed by atoms with Crippen molar-refractivity contribution in [1.82, 2.24) is 0 Å². The van der Waals surface area contributed by atoms with Crippen molar-refractivity contribution in [2.75, 3.05) is 0 Å². The Morgan fingerprint density at radius 2 is 2.07 bits per heavy atom. The minimum atomic E-state index is 0.214. The van der Waals surface area contributed by atoms with Gasteiger partial charge in [0.15, 0.2) is 0 Å². The predicted molar refractivity (Wildman–Crippen MR) is 66.5 cm³/mol. The Kier molecular flexibility index (Phi) is 4.03. The lowest BCUT2D eigenvalue weighted by Crippen LogP contribution is -2.21. The van der Waals surface area contributed by atoms with E-state index in [0.29, 0.717) is 0 Å². The van der Waals surface area contributed by atoms with Gasteiger partial charge in [0.2, 0.25) is 0 Å². The van der Waals surface area contributed by atoms with Crippen LogP contribution < -0.4 is 0 Å². The number of hydrogen-bond acceptors (Lipinski definition) is 1. The predicted octanol–water partition coefficient (Wildman–Crippen LogP) is 4.64. The first kappa shape index (κ1) is 12.1. The molecular formula is C12H19ClS. The fourth-order valence-corrected chi connectivity index (χ4v) is 2.25. The van der Waals surface area contributed by atoms with Gasteiger partial charge in [-0.2, -0.15) is 0 Å². The Hall–Kier alpha value is -0.0100. The van der Waals surface area contributed by atoms with E-state index in [9.17, 15) is 0 Å². The Morgan fingerprint density at radius 1 is 1.43 bits per heavy atom. The maximum atomic E-state index is 6.33. The highest BCUT2D eigenvalue weighted by atomic mass is 35.5. The van der Waals surface area contributed by atoms with Gasteiger partial charge in [-0.15, -0.1) is 22.9 Å². The standard InChI is InChI=1S/C12H19ClS/c1-9-10(7-8-14-9)5-6-11(13)12(2,3)4/h7-8,11H,5-6H2,1-4H3. The topological polar surface area (TPSA) is 0 Å². The molecule has 0 fully saturated rings. The molecule has 1 atom stereocenters. The molecule has 2 heteroatoms. The van der Waals surface area contributed by atoms with Gasteiger partial charge in [0.25, 0.3) is 0 Å². The number of halogens is 1. The van der Waals surface area contributed by atoms with Crippen molar-refractivity contribution in [3.63, 3.8) is 0 Å². The number of hydrogen-bond donors (Lipinski definition) is 0. The van der Waals surface area contributed by atoms with Crippen molar-refractivity contribution in [1.29, 1.82) is 0 Å². The van der Waals surface area contributed by atoms with Crippen molar-refractivity contribution in [3.8, 4) is 0 Å². The summed E-state index contributed by atoms with van der Waals surface area (Å²) in [6.07, 6.45) is 2.18. The first-order valence-corrected chi connectivity index (χ1v) is 6.40. The highest BCUT2D eigenvalue weighted by molar-refractivity contribution is 7.10. The van der Waals surface area contributed by atoms with Gasteiger partial charge < -0.3 is 0 Å². The van der Waals surface area contributed by atoms with Crippen molar-refractivity contribution >= 4 is 22.9 Å². The molecule has 14 heavy (non-hydrogen) atoms. The van der Waals surface area contributed by atoms with E-state index in [0.717, 1.165) is 12.8 Å². The van der Waals surface area contributed by atoms with Gasteiger partial charge >= 0.3 is 0 Å². The van der Waals surface area contributed by atoms with Gasteiger partial charge in [-0.1, -0.05) is 20.8 Å². The third kappa shape index (κ3) is 3.29. The maximum Gasteiger partial charge on any atom is 0.0387 e. The highest BCUT2D eigenvalue weighted by Crippen LogP contribution is 2.29. The average molecular weight is 231 g/mol. The van der Waals surface area contributed by atoms with E-state index in [1.165, 1.54) is 10.4 Å². The Balaban J connectivity index is 2.46. The van der Waals surface area contributed by atoms with Crippen LogP contribution in [0, 0.1) is 12.3 Å². The average Bonchev–Trinajstić information content (AvgIpc) is 2.45. The van der Waals surface area contributed by atoms with Crippen molar-refractivity contribution in [2.45, 2.75) is 45.9 Å². The molecule has 0 aliphatic rings. The zero-order valence-corrected chi connectivity index (χ0v) is 11.0. The van der Waals surface area contributed by atoms with E-state index >= 15 is 0 Å². The van der Waals surface area contributed by atoms with E-state index in [1.807, 2.05) is 11.3 Å². The second-order valence-electron chi connectivity index (χ2n) is 4.87. The lowest BCUT2D eigenvalue weighted by molar-refractivity contribution is 0.374. The molecule has 1 unspecified atom stereocenters. The molecule has 0 saturated heterocycles. The van der Waals surface area contributed by atoms with Crippen LogP contribution in [0.15, 0.2) is 11.4 Å². The second-order valence-corrected chi connectivity index (χ2v) is 6.52. The lowest BCUT2D eigenvalue weighted by atomic mass is 9.88. The summed E-state index contributed by atoms with van der Waals surface area (Å²) >= 11 is 8.15. The van der Waals surface area contributed by atoms with E-state index in [1.54, 1.807) is 0 Å². The molecule has 0 amide bonds. The van der Waals surface area contributed by atoms with E-state index < -0.39 is 0 Å². The summed E-state index contributed by atoms with van der Waals surface area (Å²) in [6.45, 7) is 8.78. The van der Waals surface area contributed by atoms with Crippen LogP contribution in [0.2, 0.25) is 0 Å². The molecule has 0 radical (unpaired) electrons. The molecule has 0 N–H and O–H groups in total. The van der Waals surface area contributed by atoms with Gasteiger partial charge in [0.05, 0.1) is 0 Å². The minimum Gasteiger partial charge on any atom is -0.149 e. The fourth-order valence-electron chi connectivity index (χ4n) is 1.39. The molecule has 1 aromatic heterocycles. The van der Waals surface area contributed by atoms with E-state index in [-0.39, 0.29) is 10.8 Å². The Morgan fingerprint density at radius 3 is 2.50 bits per heavy atom. The molecule has 80 valence electrons. The smallest absolute Gasteiger partial charge is 0.0387 e. The molecule has 0 saturated carbocycles. The quantitative estimate of drug-likeness (QED) is 0.664. The summed E-state index contributed by atoms with van der Waals surface area (Å²) in [5.41, 5.74) is 1.68. The SMILES string of the molecule is Cc1sccc1CCC(Cl)C(C)(C)C. The largest absolute Gasteiger partial charge is 0.149 e. The van der Waals surface area contributed by atoms with Gasteiger partial charge in [-0.05, 0) is 42.2 Å². The summed E-state index contributed by atoms with van der Waals surface area (Å²) in [6, 6.07) is 2.21. The summed E-state index contributed by atoms with van der Waals surface area (Å²) in [5.74, 6) is 0. The molecule has 0 aliphatic carbocycles. The van der Waals surface area contributed by atoms with Crippen LogP contribution in [-0.2, 0) is 6.42 Å². The van der Waals surface area contributed by atoms with Gasteiger partial charge in [-0.3, -0.25) is 0 Å². The third-order valence-electron chi connectivity index (χ3n) is 2.57. The molecule has 1 heterocycles. The number of aryl methyl sites for hydroxylation is 2. The van der Waals surface area contributed by atoms with E-state index in [4.69, 9.17) is 11.6 Å². The van der Waals surface area contributed by atoms with Crippen molar-refractivity contribution in [2.24, 2.45) is 5.41 Å². The van der Waals surface area contributed by atoms with Crippen LogP contribution in [0.1, 0.15) is 37.6 Å². The number of rotatable bonds is 3. The molecule has 0 nitrogen and oxygen atoms in total. The fraction of sp³-hybridized carbons (Fsp3) is 0.667. The van der Waals surface area contributed by atoms with Crippen LogP contribution in [-0.4, -0.2) is 5.38 Å². The van der Waals surface area contributed by atoms with Gasteiger partial charge in [0, 0.05) is 10.3 Å². The van der Waals surface area contributed by atoms with Gasteiger partial charge in [-0.25, -0.2) is 0 Å². The molecule has 0 aromatic carbocycles. The zero-order chi connectivity index (χ0) is 10.8. The monoisotopic (exact) mass is 230 g/mol. The van der Waals surface area contributed by atoms with Crippen molar-refractivity contribution in [3.05, 3.63) is 21.9 Å². The van der Waals surface area contributed by atoms with Crippen molar-refractivity contribution < 1.29 is 0 Å². The van der Waals surface area contributed by atoms with E-state index in [2.05, 4.69) is 39.1 Å². The molecule has 0 bridgehead atoms. The first-order valence-electron chi connectivity index (χ1n) is 5.08. The number of thiophene rings is 1. The van der Waals surface area contributed by atoms with Crippen LogP contribution in [0.25, 0.3) is 0 Å². The summed E-state index contributed by atoms with van der Waals surface area (Å²) in [7, 11) is 0. The van der Waals surface area contributed by atoms with Crippen LogP contribution in [0.3, 0.4) is 0 Å². The minimum absolute atomic E-state index is 0.214. The lowest BCUT2D eigenvalue weighted by Gasteiger charge is -2.24. The molecule has 1 rings (SSSR count). The van der Waals surface area contributed by atoms with Crippen LogP contribution in [0.4, 0.5) is 0 Å². The number of alkyl halides is 1. The molecule has 0 spiro atoms. The van der Waals surface area contributed by atoms with Crippen LogP contribution in [0.5, 0.6) is 0 Å². The molecule has 1 aromatic rings.